The highest BCUT2D eigenvalue weighted by molar-refractivity contribution is 7.62. The van der Waals surface area contributed by atoms with Gasteiger partial charge in [-0.1, -0.05) is 19.4 Å². The summed E-state index contributed by atoms with van der Waals surface area (Å²) < 4.78 is 26.1. The summed E-state index contributed by atoms with van der Waals surface area (Å²) in [6, 6.07) is 5.92. The van der Waals surface area contributed by atoms with Crippen LogP contribution in [-0.4, -0.2) is 23.6 Å². The van der Waals surface area contributed by atoms with Gasteiger partial charge in [0.25, 0.3) is 5.56 Å². The van der Waals surface area contributed by atoms with Gasteiger partial charge in [-0.2, -0.15) is 0 Å². The lowest BCUT2D eigenvalue weighted by Gasteiger charge is -2.12. The van der Waals surface area contributed by atoms with Crippen LogP contribution in [0.3, 0.4) is 0 Å². The molecule has 0 unspecified atom stereocenters. The molecule has 0 N–H and O–H groups in total. The smallest absolute Gasteiger partial charge is 0.308 e. The first-order valence-electron chi connectivity index (χ1n) is 7.99. The van der Waals surface area contributed by atoms with Crippen molar-refractivity contribution in [2.75, 3.05) is 14.2 Å². The lowest BCUT2D eigenvalue weighted by atomic mass is 10.1. The molecule has 1 aromatic heterocycles. The van der Waals surface area contributed by atoms with Crippen LogP contribution in [0.4, 0.5) is 0 Å². The number of unbranched alkanes of at least 4 members (excludes halogenated alkanes) is 1. The van der Waals surface area contributed by atoms with Crippen LogP contribution in [-0.2, 0) is 20.2 Å². The molecule has 0 saturated carbocycles. The van der Waals surface area contributed by atoms with Crippen molar-refractivity contribution in [2.24, 2.45) is 0 Å². The van der Waals surface area contributed by atoms with E-state index in [1.54, 1.807) is 15.6 Å². The van der Waals surface area contributed by atoms with Crippen molar-refractivity contribution < 1.29 is 13.6 Å². The van der Waals surface area contributed by atoms with Crippen LogP contribution in [0.2, 0.25) is 0 Å². The molecule has 1 heterocycles. The van der Waals surface area contributed by atoms with Gasteiger partial charge in [0.1, 0.15) is 5.30 Å². The lowest BCUT2D eigenvalue weighted by Crippen LogP contribution is -2.29. The highest BCUT2D eigenvalue weighted by Crippen LogP contribution is 2.44. The summed E-state index contributed by atoms with van der Waals surface area (Å²) in [6.45, 7) is 6.69. The van der Waals surface area contributed by atoms with Crippen LogP contribution in [0.5, 0.6) is 0 Å². The van der Waals surface area contributed by atoms with Gasteiger partial charge < -0.3 is 9.05 Å². The first kappa shape index (κ1) is 18.7. The van der Waals surface area contributed by atoms with Gasteiger partial charge in [0, 0.05) is 27.0 Å². The summed E-state index contributed by atoms with van der Waals surface area (Å²) in [5, 5.41) is 0.0581. The second kappa shape index (κ2) is 7.51. The largest absolute Gasteiger partial charge is 0.368 e. The van der Waals surface area contributed by atoms with E-state index >= 15 is 0 Å². The van der Waals surface area contributed by atoms with Gasteiger partial charge in [0.2, 0.25) is 0 Å². The Kier molecular flexibility index (Phi) is 5.86. The molecule has 0 aliphatic carbocycles. The summed E-state index contributed by atoms with van der Waals surface area (Å²) in [5.41, 5.74) is 2.49. The maximum absolute atomic E-state index is 13.0. The van der Waals surface area contributed by atoms with Gasteiger partial charge in [0.05, 0.1) is 5.69 Å². The van der Waals surface area contributed by atoms with E-state index in [4.69, 9.17) is 9.05 Å². The normalized spacial score (nSPS) is 11.9. The van der Waals surface area contributed by atoms with E-state index in [-0.39, 0.29) is 10.9 Å². The maximum atomic E-state index is 13.0. The van der Waals surface area contributed by atoms with E-state index in [2.05, 4.69) is 6.92 Å². The third-order valence-electron chi connectivity index (χ3n) is 3.91. The summed E-state index contributed by atoms with van der Waals surface area (Å²) in [7, 11) is -1.04. The molecule has 0 bridgehead atoms. The molecule has 0 saturated heterocycles. The lowest BCUT2D eigenvalue weighted by molar-refractivity contribution is 0.287. The number of rotatable bonds is 7. The van der Waals surface area contributed by atoms with Crippen molar-refractivity contribution in [3.63, 3.8) is 0 Å². The van der Waals surface area contributed by atoms with Gasteiger partial charge in [0.15, 0.2) is 0 Å². The molecule has 0 aliphatic heterocycles. The summed E-state index contributed by atoms with van der Waals surface area (Å²) in [4.78, 5) is 13.0. The third kappa shape index (κ3) is 3.56. The first-order valence-corrected chi connectivity index (χ1v) is 9.53. The zero-order valence-corrected chi connectivity index (χ0v) is 15.8. The average Bonchev–Trinajstić information content (AvgIpc) is 2.88. The zero-order chi connectivity index (χ0) is 17.9. The molecule has 0 radical (unpaired) electrons. The van der Waals surface area contributed by atoms with Gasteiger partial charge in [-0.25, -0.2) is 4.68 Å². The molecule has 0 atom stereocenters. The monoisotopic (exact) mass is 352 g/mol. The predicted molar refractivity (Wildman–Crippen MR) is 95.7 cm³/mol. The summed E-state index contributed by atoms with van der Waals surface area (Å²) in [5.74, 6) is 0. The topological polar surface area (TPSA) is 62.5 Å². The molecule has 24 heavy (non-hydrogen) atoms. The predicted octanol–water partition coefficient (Wildman–Crippen LogP) is 3.17. The molecule has 2 aromatic rings. The third-order valence-corrected chi connectivity index (χ3v) is 5.77. The van der Waals surface area contributed by atoms with E-state index in [1.807, 2.05) is 32.0 Å². The Hall–Kier alpha value is -1.62. The molecule has 6 nitrogen and oxygen atoms in total. The van der Waals surface area contributed by atoms with E-state index in [9.17, 15) is 9.36 Å². The second-order valence-corrected chi connectivity index (χ2v) is 8.06. The number of benzene rings is 1. The Balaban J connectivity index is 2.71. The Morgan fingerprint density at radius 1 is 1.08 bits per heavy atom. The van der Waals surface area contributed by atoms with E-state index in [1.165, 1.54) is 14.2 Å². The number of nitrogens with zero attached hydrogens (tertiary/aromatic N) is 2. The van der Waals surface area contributed by atoms with Crippen LogP contribution >= 0.6 is 7.60 Å². The van der Waals surface area contributed by atoms with Crippen molar-refractivity contribution >= 4 is 12.9 Å². The molecular formula is C17H25N2O4P. The van der Waals surface area contributed by atoms with Gasteiger partial charge >= 0.3 is 7.60 Å². The van der Waals surface area contributed by atoms with Crippen LogP contribution in [0.15, 0.2) is 29.2 Å². The summed E-state index contributed by atoms with van der Waals surface area (Å²) in [6.07, 6.45) is 3.48. The van der Waals surface area contributed by atoms with Crippen LogP contribution in [0, 0.1) is 13.8 Å². The maximum Gasteiger partial charge on any atom is 0.368 e. The van der Waals surface area contributed by atoms with E-state index in [0.29, 0.717) is 6.54 Å². The van der Waals surface area contributed by atoms with Crippen molar-refractivity contribution in [2.45, 2.75) is 40.2 Å². The minimum absolute atomic E-state index is 0.0581. The molecule has 7 heteroatoms. The van der Waals surface area contributed by atoms with Gasteiger partial charge in [-0.05, 0) is 43.5 Å². The highest BCUT2D eigenvalue weighted by Gasteiger charge is 2.32. The molecule has 2 rings (SSSR count). The first-order chi connectivity index (χ1) is 11.4. The molecule has 132 valence electrons. The Labute approximate surface area is 142 Å². The number of aromatic nitrogens is 2. The summed E-state index contributed by atoms with van der Waals surface area (Å²) >= 11 is 0. The minimum Gasteiger partial charge on any atom is -0.308 e. The van der Waals surface area contributed by atoms with Crippen LogP contribution in [0.25, 0.3) is 5.69 Å². The molecule has 1 aromatic carbocycles. The standard InChI is InChI=1S/C17H25N2O4P/c1-6-7-8-18-12-16(24(21,22-4)23-5)17(20)19(18)15-10-13(2)9-14(3)11-15/h9-12H,6-8H2,1-5H3. The van der Waals surface area contributed by atoms with Gasteiger partial charge in [-0.3, -0.25) is 14.0 Å². The number of hydrogen-bond donors (Lipinski definition) is 0. The van der Waals surface area contributed by atoms with Crippen LogP contribution < -0.4 is 10.9 Å². The Morgan fingerprint density at radius 3 is 2.17 bits per heavy atom. The van der Waals surface area contributed by atoms with Crippen molar-refractivity contribution in [1.29, 1.82) is 0 Å². The number of aryl methyl sites for hydroxylation is 3. The Bertz CT molecular complexity index is 794. The van der Waals surface area contributed by atoms with Crippen molar-refractivity contribution in [3.05, 3.63) is 45.9 Å². The molecular weight excluding hydrogens is 327 g/mol. The minimum atomic E-state index is -3.61. The quantitative estimate of drug-likeness (QED) is 0.718. The molecule has 0 amide bonds. The molecule has 0 aliphatic rings. The fourth-order valence-electron chi connectivity index (χ4n) is 2.76. The fourth-order valence-corrected chi connectivity index (χ4v) is 3.91. The Morgan fingerprint density at radius 2 is 1.67 bits per heavy atom. The van der Waals surface area contributed by atoms with Crippen molar-refractivity contribution in [1.82, 2.24) is 9.36 Å². The second-order valence-electron chi connectivity index (χ2n) is 5.86. The van der Waals surface area contributed by atoms with Gasteiger partial charge in [-0.15, -0.1) is 0 Å². The number of hydrogen-bond acceptors (Lipinski definition) is 4. The SMILES string of the molecule is CCCCn1cc(P(=O)(OC)OC)c(=O)n1-c1cc(C)cc(C)c1. The van der Waals surface area contributed by atoms with E-state index in [0.717, 1.165) is 29.7 Å². The average molecular weight is 352 g/mol. The fraction of sp³-hybridized carbons (Fsp3) is 0.471. The highest BCUT2D eigenvalue weighted by atomic mass is 31.2. The van der Waals surface area contributed by atoms with E-state index < -0.39 is 7.60 Å². The molecule has 0 spiro atoms. The zero-order valence-electron chi connectivity index (χ0n) is 14.9. The molecule has 0 fully saturated rings. The van der Waals surface area contributed by atoms with Crippen LogP contribution in [0.1, 0.15) is 30.9 Å². The van der Waals surface area contributed by atoms with Crippen molar-refractivity contribution in [3.8, 4) is 5.69 Å².